The van der Waals surface area contributed by atoms with Crippen LogP contribution in [0, 0.1) is 0 Å². The van der Waals surface area contributed by atoms with E-state index in [2.05, 4.69) is 16.8 Å². The van der Waals surface area contributed by atoms with Crippen LogP contribution < -0.4 is 11.2 Å². The number of carbonyl (C=O) groups is 2. The van der Waals surface area contributed by atoms with Crippen molar-refractivity contribution in [3.63, 3.8) is 0 Å². The number of hydrogen-bond acceptors (Lipinski definition) is 6. The molecule has 0 radical (unpaired) electrons. The van der Waals surface area contributed by atoms with E-state index in [9.17, 15) is 9.59 Å². The van der Waals surface area contributed by atoms with E-state index in [-0.39, 0.29) is 13.2 Å². The van der Waals surface area contributed by atoms with Crippen LogP contribution in [0.4, 0.5) is 4.79 Å². The lowest BCUT2D eigenvalue weighted by Gasteiger charge is -2.22. The lowest BCUT2D eigenvalue weighted by Crippen LogP contribution is -2.37. The molecule has 20 heavy (non-hydrogen) atoms. The van der Waals surface area contributed by atoms with Gasteiger partial charge in [-0.1, -0.05) is 12.7 Å². The second-order valence-corrected chi connectivity index (χ2v) is 5.12. The Hall–Kier alpha value is -1.60. The van der Waals surface area contributed by atoms with E-state index in [1.165, 1.54) is 6.08 Å². The molecule has 0 fully saturated rings. The van der Waals surface area contributed by atoms with Gasteiger partial charge in [-0.15, -0.1) is 0 Å². The molecule has 7 nitrogen and oxygen atoms in total. The second-order valence-electron chi connectivity index (χ2n) is 5.12. The summed E-state index contributed by atoms with van der Waals surface area (Å²) in [6.07, 6.45) is 1.65. The van der Waals surface area contributed by atoms with Gasteiger partial charge in [-0.25, -0.2) is 4.79 Å². The van der Waals surface area contributed by atoms with Crippen LogP contribution in [-0.2, 0) is 19.1 Å². The van der Waals surface area contributed by atoms with Crippen molar-refractivity contribution in [1.82, 2.24) is 5.48 Å². The summed E-state index contributed by atoms with van der Waals surface area (Å²) >= 11 is 0. The predicted octanol–water partition coefficient (Wildman–Crippen LogP) is 1.28. The lowest BCUT2D eigenvalue weighted by atomic mass is 10.1. The van der Waals surface area contributed by atoms with Crippen LogP contribution in [-0.4, -0.2) is 36.9 Å². The summed E-state index contributed by atoms with van der Waals surface area (Å²) in [4.78, 5) is 27.4. The van der Waals surface area contributed by atoms with E-state index in [0.717, 1.165) is 0 Å². The first kappa shape index (κ1) is 18.4. The molecule has 0 aromatic rings. The Morgan fingerprint density at radius 1 is 1.40 bits per heavy atom. The minimum atomic E-state index is -0.703. The van der Waals surface area contributed by atoms with Gasteiger partial charge in [0.2, 0.25) is 0 Å². The maximum absolute atomic E-state index is 11.6. The fourth-order valence-corrected chi connectivity index (χ4v) is 1.14. The molecule has 0 bridgehead atoms. The SMILES string of the molecule is C=CCOC(=O)NOCCC[C@H](N)C(=O)OC(C)(C)C. The van der Waals surface area contributed by atoms with Crippen molar-refractivity contribution in [2.45, 2.75) is 45.3 Å². The molecule has 0 saturated carbocycles. The fraction of sp³-hybridized carbons (Fsp3) is 0.692. The predicted molar refractivity (Wildman–Crippen MR) is 73.7 cm³/mol. The first-order valence-corrected chi connectivity index (χ1v) is 6.40. The molecule has 1 atom stereocenters. The molecule has 0 aliphatic heterocycles. The number of esters is 1. The van der Waals surface area contributed by atoms with Crippen molar-refractivity contribution in [2.24, 2.45) is 5.73 Å². The summed E-state index contributed by atoms with van der Waals surface area (Å²) in [6.45, 7) is 9.06. The quantitative estimate of drug-likeness (QED) is 0.302. The van der Waals surface area contributed by atoms with Crippen molar-refractivity contribution in [3.8, 4) is 0 Å². The Labute approximate surface area is 119 Å². The molecule has 0 saturated heterocycles. The van der Waals surface area contributed by atoms with Gasteiger partial charge in [-0.2, -0.15) is 5.48 Å². The van der Waals surface area contributed by atoms with Crippen molar-refractivity contribution < 1.29 is 23.9 Å². The minimum absolute atomic E-state index is 0.110. The molecule has 0 heterocycles. The minimum Gasteiger partial charge on any atom is -0.459 e. The van der Waals surface area contributed by atoms with E-state index >= 15 is 0 Å². The third-order valence-corrected chi connectivity index (χ3v) is 1.96. The van der Waals surface area contributed by atoms with Crippen LogP contribution in [0.3, 0.4) is 0 Å². The van der Waals surface area contributed by atoms with Crippen LogP contribution in [0.1, 0.15) is 33.6 Å². The zero-order chi connectivity index (χ0) is 15.6. The summed E-state index contributed by atoms with van der Waals surface area (Å²) in [7, 11) is 0. The van der Waals surface area contributed by atoms with Gasteiger partial charge in [-0.05, 0) is 33.6 Å². The van der Waals surface area contributed by atoms with Crippen molar-refractivity contribution in [2.75, 3.05) is 13.2 Å². The number of rotatable bonds is 8. The number of nitrogens with two attached hydrogens (primary N) is 1. The lowest BCUT2D eigenvalue weighted by molar-refractivity contribution is -0.156. The van der Waals surface area contributed by atoms with Crippen LogP contribution in [0.2, 0.25) is 0 Å². The van der Waals surface area contributed by atoms with Crippen molar-refractivity contribution in [1.29, 1.82) is 0 Å². The summed E-state index contributed by atoms with van der Waals surface area (Å²) in [5.41, 5.74) is 7.22. The molecule has 0 aromatic carbocycles. The molecule has 0 aliphatic rings. The van der Waals surface area contributed by atoms with Gasteiger partial charge < -0.3 is 15.2 Å². The number of hydroxylamine groups is 1. The van der Waals surface area contributed by atoms with Gasteiger partial charge in [0.05, 0.1) is 6.61 Å². The highest BCUT2D eigenvalue weighted by Crippen LogP contribution is 2.09. The van der Waals surface area contributed by atoms with Gasteiger partial charge in [0.1, 0.15) is 18.2 Å². The zero-order valence-electron chi connectivity index (χ0n) is 12.3. The molecule has 0 aliphatic carbocycles. The summed E-state index contributed by atoms with van der Waals surface area (Å²) in [5.74, 6) is -0.448. The number of carbonyl (C=O) groups excluding carboxylic acids is 2. The monoisotopic (exact) mass is 288 g/mol. The summed E-state index contributed by atoms with van der Waals surface area (Å²) in [6, 6.07) is -0.703. The molecule has 0 spiro atoms. The van der Waals surface area contributed by atoms with Gasteiger partial charge in [0, 0.05) is 0 Å². The standard InChI is InChI=1S/C13H24N2O5/c1-5-8-18-12(17)15-19-9-6-7-10(14)11(16)20-13(2,3)4/h5,10H,1,6-9,14H2,2-4H3,(H,15,17)/t10-/m0/s1. The largest absolute Gasteiger partial charge is 0.459 e. The molecule has 3 N–H and O–H groups in total. The van der Waals surface area contributed by atoms with Gasteiger partial charge in [-0.3, -0.25) is 9.63 Å². The van der Waals surface area contributed by atoms with Gasteiger partial charge in [0.15, 0.2) is 0 Å². The number of hydrogen-bond donors (Lipinski definition) is 2. The Balaban J connectivity index is 3.66. The van der Waals surface area contributed by atoms with E-state index < -0.39 is 23.7 Å². The normalized spacial score (nSPS) is 12.4. The van der Waals surface area contributed by atoms with Gasteiger partial charge >= 0.3 is 12.1 Å². The number of nitrogens with one attached hydrogen (secondary N) is 1. The molecule has 116 valence electrons. The summed E-state index contributed by atoms with van der Waals surface area (Å²) in [5, 5.41) is 0. The highest BCUT2D eigenvalue weighted by atomic mass is 16.7. The average molecular weight is 288 g/mol. The van der Waals surface area contributed by atoms with E-state index in [4.69, 9.17) is 15.3 Å². The smallest absolute Gasteiger partial charge is 0.431 e. The van der Waals surface area contributed by atoms with Gasteiger partial charge in [0.25, 0.3) is 0 Å². The Morgan fingerprint density at radius 3 is 2.60 bits per heavy atom. The molecule has 7 heteroatoms. The molecular formula is C13H24N2O5. The van der Waals surface area contributed by atoms with E-state index in [0.29, 0.717) is 12.8 Å². The maximum Gasteiger partial charge on any atom is 0.431 e. The third kappa shape index (κ3) is 10.3. The third-order valence-electron chi connectivity index (χ3n) is 1.96. The topological polar surface area (TPSA) is 99.9 Å². The first-order chi connectivity index (χ1) is 9.26. The molecular weight excluding hydrogens is 264 g/mol. The van der Waals surface area contributed by atoms with E-state index in [1.807, 2.05) is 0 Å². The molecule has 0 aromatic heterocycles. The Bertz CT molecular complexity index is 325. The second kappa shape index (κ2) is 9.33. The Kier molecular flexibility index (Phi) is 8.58. The van der Waals surface area contributed by atoms with E-state index in [1.54, 1.807) is 20.8 Å². The molecule has 1 amide bonds. The van der Waals surface area contributed by atoms with Crippen LogP contribution in [0.15, 0.2) is 12.7 Å². The molecule has 0 unspecified atom stereocenters. The van der Waals surface area contributed by atoms with Crippen LogP contribution in [0.25, 0.3) is 0 Å². The van der Waals surface area contributed by atoms with Crippen LogP contribution in [0.5, 0.6) is 0 Å². The number of amides is 1. The zero-order valence-corrected chi connectivity index (χ0v) is 12.3. The highest BCUT2D eigenvalue weighted by molar-refractivity contribution is 5.75. The first-order valence-electron chi connectivity index (χ1n) is 6.40. The summed E-state index contributed by atoms with van der Waals surface area (Å²) < 4.78 is 9.76. The average Bonchev–Trinajstić information content (AvgIpc) is 2.33. The van der Waals surface area contributed by atoms with Crippen molar-refractivity contribution in [3.05, 3.63) is 12.7 Å². The van der Waals surface area contributed by atoms with Crippen molar-refractivity contribution >= 4 is 12.1 Å². The fourth-order valence-electron chi connectivity index (χ4n) is 1.14. The molecule has 0 rings (SSSR count). The number of ether oxygens (including phenoxy) is 2. The maximum atomic E-state index is 11.6. The highest BCUT2D eigenvalue weighted by Gasteiger charge is 2.21. The van der Waals surface area contributed by atoms with Crippen LogP contribution >= 0.6 is 0 Å². The Morgan fingerprint density at radius 2 is 2.05 bits per heavy atom.